The Morgan fingerprint density at radius 1 is 0.885 bits per heavy atom. The Bertz CT molecular complexity index is 1010. The first-order valence-electron chi connectivity index (χ1n) is 9.08. The van der Waals surface area contributed by atoms with Crippen LogP contribution >= 0.6 is 0 Å². The number of anilines is 1. The molecule has 0 saturated carbocycles. The fourth-order valence-electron chi connectivity index (χ4n) is 3.44. The third kappa shape index (κ3) is 3.26. The molecule has 0 saturated heterocycles. The summed E-state index contributed by atoms with van der Waals surface area (Å²) >= 11 is 0. The fraction of sp³-hybridized carbons (Fsp3) is 0.238. The lowest BCUT2D eigenvalue weighted by Crippen LogP contribution is -2.22. The second kappa shape index (κ2) is 7.54. The minimum absolute atomic E-state index is 0.670. The van der Waals surface area contributed by atoms with Gasteiger partial charge in [0.2, 0.25) is 5.95 Å². The van der Waals surface area contributed by atoms with Gasteiger partial charge in [-0.05, 0) is 36.8 Å². The third-order valence-electron chi connectivity index (χ3n) is 4.63. The molecule has 0 amide bonds. The van der Waals surface area contributed by atoms with Crippen LogP contribution in [0.5, 0.6) is 0 Å². The van der Waals surface area contributed by atoms with Gasteiger partial charge in [-0.2, -0.15) is 0 Å². The predicted octanol–water partition coefficient (Wildman–Crippen LogP) is 3.81. The lowest BCUT2D eigenvalue weighted by Gasteiger charge is -2.07. The fourth-order valence-corrected chi connectivity index (χ4v) is 3.44. The van der Waals surface area contributed by atoms with Gasteiger partial charge in [-0.3, -0.25) is 0 Å². The molecule has 4 aromatic rings. The monoisotopic (exact) mass is 345 g/mol. The molecule has 5 heteroatoms. The highest BCUT2D eigenvalue weighted by Crippen LogP contribution is 2.29. The van der Waals surface area contributed by atoms with Crippen LogP contribution in [0.2, 0.25) is 0 Å². The Kier molecular flexibility index (Phi) is 4.80. The van der Waals surface area contributed by atoms with Gasteiger partial charge in [0.1, 0.15) is 0 Å². The van der Waals surface area contributed by atoms with Crippen molar-refractivity contribution in [2.24, 2.45) is 0 Å². The zero-order valence-corrected chi connectivity index (χ0v) is 14.9. The Balaban J connectivity index is 1.43. The molecule has 2 aromatic heterocycles. The van der Waals surface area contributed by atoms with Crippen LogP contribution in [0.3, 0.4) is 0 Å². The summed E-state index contributed by atoms with van der Waals surface area (Å²) in [5.41, 5.74) is 3.91. The number of rotatable bonds is 7. The zero-order valence-electron chi connectivity index (χ0n) is 14.9. The van der Waals surface area contributed by atoms with E-state index in [0.717, 1.165) is 26.2 Å². The maximum absolute atomic E-state index is 4.16. The maximum atomic E-state index is 4.16. The molecule has 0 fully saturated rings. The van der Waals surface area contributed by atoms with Crippen molar-refractivity contribution in [2.75, 3.05) is 18.4 Å². The van der Waals surface area contributed by atoms with E-state index >= 15 is 0 Å². The van der Waals surface area contributed by atoms with Gasteiger partial charge in [0.15, 0.2) is 0 Å². The van der Waals surface area contributed by atoms with Gasteiger partial charge >= 0.3 is 0 Å². The molecular formula is C21H23N5. The number of nitrogens with zero attached hydrogens (tertiary/aromatic N) is 3. The molecular weight excluding hydrogens is 322 g/mol. The van der Waals surface area contributed by atoms with Crippen LogP contribution in [0, 0.1) is 0 Å². The van der Waals surface area contributed by atoms with Crippen LogP contribution in [-0.2, 0) is 13.1 Å². The molecule has 0 radical (unpaired) electrons. The molecule has 4 rings (SSSR count). The largest absolute Gasteiger partial charge is 0.353 e. The first-order valence-corrected chi connectivity index (χ1v) is 9.08. The predicted molar refractivity (Wildman–Crippen MR) is 107 cm³/mol. The van der Waals surface area contributed by atoms with Crippen molar-refractivity contribution in [3.8, 4) is 0 Å². The molecule has 0 aliphatic rings. The summed E-state index contributed by atoms with van der Waals surface area (Å²) in [7, 11) is 0. The number of nitrogens with one attached hydrogen (secondary N) is 2. The van der Waals surface area contributed by atoms with Crippen molar-refractivity contribution in [3.63, 3.8) is 0 Å². The average molecular weight is 345 g/mol. The standard InChI is InChI=1S/C21H23N5/c1-2-26-19-7-4-3-6-17(19)18-14-16(8-9-20(18)26)15-22-12-13-25-21-23-10-5-11-24-21/h3-11,14,22H,2,12-13,15H2,1H3,(H,23,24,25). The van der Waals surface area contributed by atoms with Crippen LogP contribution in [0.1, 0.15) is 12.5 Å². The molecule has 0 aliphatic heterocycles. The van der Waals surface area contributed by atoms with Crippen molar-refractivity contribution >= 4 is 27.8 Å². The van der Waals surface area contributed by atoms with E-state index in [2.05, 4.69) is 74.6 Å². The summed E-state index contributed by atoms with van der Waals surface area (Å²) in [4.78, 5) is 8.31. The maximum Gasteiger partial charge on any atom is 0.222 e. The van der Waals surface area contributed by atoms with Gasteiger partial charge in [-0.1, -0.05) is 24.3 Å². The van der Waals surface area contributed by atoms with Gasteiger partial charge in [-0.25, -0.2) is 9.97 Å². The molecule has 132 valence electrons. The minimum Gasteiger partial charge on any atom is -0.353 e. The first-order chi connectivity index (χ1) is 12.9. The van der Waals surface area contributed by atoms with Crippen LogP contribution < -0.4 is 10.6 Å². The molecule has 0 spiro atoms. The van der Waals surface area contributed by atoms with Gasteiger partial charge in [0, 0.05) is 60.4 Å². The topological polar surface area (TPSA) is 54.8 Å². The summed E-state index contributed by atoms with van der Waals surface area (Å²) in [6.45, 7) is 5.67. The Labute approximate surface area is 153 Å². The highest BCUT2D eigenvalue weighted by Gasteiger charge is 2.09. The lowest BCUT2D eigenvalue weighted by molar-refractivity contribution is 0.705. The van der Waals surface area contributed by atoms with E-state index in [1.165, 1.54) is 27.4 Å². The summed E-state index contributed by atoms with van der Waals surface area (Å²) < 4.78 is 2.38. The number of para-hydroxylation sites is 1. The summed E-state index contributed by atoms with van der Waals surface area (Å²) in [5.74, 6) is 0.670. The average Bonchev–Trinajstić information content (AvgIpc) is 3.01. The van der Waals surface area contributed by atoms with Crippen LogP contribution in [0.25, 0.3) is 21.8 Å². The van der Waals surface area contributed by atoms with Crippen molar-refractivity contribution in [3.05, 3.63) is 66.5 Å². The summed E-state index contributed by atoms with van der Waals surface area (Å²) in [5, 5.41) is 9.35. The zero-order chi connectivity index (χ0) is 17.8. The van der Waals surface area contributed by atoms with Crippen LogP contribution in [0.4, 0.5) is 5.95 Å². The molecule has 0 atom stereocenters. The Morgan fingerprint density at radius 2 is 1.69 bits per heavy atom. The van der Waals surface area contributed by atoms with E-state index in [1.54, 1.807) is 12.4 Å². The van der Waals surface area contributed by atoms with E-state index in [4.69, 9.17) is 0 Å². The highest BCUT2D eigenvalue weighted by atomic mass is 15.1. The van der Waals surface area contributed by atoms with Crippen LogP contribution in [-0.4, -0.2) is 27.6 Å². The number of aryl methyl sites for hydroxylation is 1. The summed E-state index contributed by atoms with van der Waals surface area (Å²) in [6.07, 6.45) is 3.48. The SMILES string of the molecule is CCn1c2ccccc2c2cc(CNCCNc3ncccn3)ccc21. The number of aromatic nitrogens is 3. The van der Waals surface area contributed by atoms with E-state index in [1.807, 2.05) is 6.07 Å². The highest BCUT2D eigenvalue weighted by molar-refractivity contribution is 6.08. The van der Waals surface area contributed by atoms with E-state index in [-0.39, 0.29) is 0 Å². The molecule has 5 nitrogen and oxygen atoms in total. The second-order valence-corrected chi connectivity index (χ2v) is 6.29. The first kappa shape index (κ1) is 16.5. The number of fused-ring (bicyclic) bond motifs is 3. The third-order valence-corrected chi connectivity index (χ3v) is 4.63. The van der Waals surface area contributed by atoms with Crippen LogP contribution in [0.15, 0.2) is 60.9 Å². The van der Waals surface area contributed by atoms with Crippen molar-refractivity contribution < 1.29 is 0 Å². The van der Waals surface area contributed by atoms with Crippen molar-refractivity contribution in [1.82, 2.24) is 19.9 Å². The van der Waals surface area contributed by atoms with Gasteiger partial charge in [-0.15, -0.1) is 0 Å². The molecule has 26 heavy (non-hydrogen) atoms. The lowest BCUT2D eigenvalue weighted by atomic mass is 10.1. The summed E-state index contributed by atoms with van der Waals surface area (Å²) in [6, 6.07) is 17.2. The van der Waals surface area contributed by atoms with Crippen molar-refractivity contribution in [1.29, 1.82) is 0 Å². The van der Waals surface area contributed by atoms with E-state index < -0.39 is 0 Å². The molecule has 0 aliphatic carbocycles. The molecule has 2 aromatic carbocycles. The normalized spacial score (nSPS) is 11.3. The van der Waals surface area contributed by atoms with Gasteiger partial charge < -0.3 is 15.2 Å². The van der Waals surface area contributed by atoms with Gasteiger partial charge in [0.25, 0.3) is 0 Å². The number of benzene rings is 2. The van der Waals surface area contributed by atoms with Crippen molar-refractivity contribution in [2.45, 2.75) is 20.0 Å². The Morgan fingerprint density at radius 3 is 2.54 bits per heavy atom. The molecule has 2 N–H and O–H groups in total. The molecule has 2 heterocycles. The number of hydrogen-bond acceptors (Lipinski definition) is 4. The smallest absolute Gasteiger partial charge is 0.222 e. The molecule has 0 bridgehead atoms. The minimum atomic E-state index is 0.670. The van der Waals surface area contributed by atoms with E-state index in [9.17, 15) is 0 Å². The van der Waals surface area contributed by atoms with E-state index in [0.29, 0.717) is 5.95 Å². The van der Waals surface area contributed by atoms with Gasteiger partial charge in [0.05, 0.1) is 0 Å². The second-order valence-electron chi connectivity index (χ2n) is 6.29. The quantitative estimate of drug-likeness (QED) is 0.500. The molecule has 0 unspecified atom stereocenters. The number of hydrogen-bond donors (Lipinski definition) is 2. The Hall–Kier alpha value is -2.92.